The average Bonchev–Trinajstić information content (AvgIpc) is 2.48. The zero-order valence-corrected chi connectivity index (χ0v) is 16.1. The van der Waals surface area contributed by atoms with Gasteiger partial charge in [-0.05, 0) is 22.7 Å². The van der Waals surface area contributed by atoms with E-state index in [2.05, 4.69) is 98.3 Å². The van der Waals surface area contributed by atoms with Gasteiger partial charge in [-0.1, -0.05) is 98.3 Å². The first-order chi connectivity index (χ1) is 6.40. The van der Waals surface area contributed by atoms with Gasteiger partial charge in [0.2, 0.25) is 0 Å². The van der Waals surface area contributed by atoms with Crippen molar-refractivity contribution in [3.05, 3.63) is 0 Å². The third-order valence-corrected chi connectivity index (χ3v) is 8.05. The molecule has 0 amide bonds. The van der Waals surface area contributed by atoms with Gasteiger partial charge in [-0.2, -0.15) is 0 Å². The van der Waals surface area contributed by atoms with E-state index in [9.17, 15) is 0 Å². The van der Waals surface area contributed by atoms with Gasteiger partial charge in [0.15, 0.2) is 0 Å². The second kappa shape index (κ2) is 4.24. The number of rotatable bonds is 1. The minimum absolute atomic E-state index is 0.199. The summed E-state index contributed by atoms with van der Waals surface area (Å²) in [5.74, 6) is 1.43. The van der Waals surface area contributed by atoms with Crippen molar-refractivity contribution in [3.63, 3.8) is 0 Å². The standard InChI is InChI=1S/C11H18Br4/c1-9(2,3)7-6(10(7,4)5)8(12)11(13,14)15/h6-8H,1-5H3. The van der Waals surface area contributed by atoms with E-state index in [1.165, 1.54) is 0 Å². The summed E-state index contributed by atoms with van der Waals surface area (Å²) in [7, 11) is 0. The molecule has 0 heterocycles. The molecule has 0 nitrogen and oxygen atoms in total. The summed E-state index contributed by atoms with van der Waals surface area (Å²) in [5, 5.41) is 0. The number of alkyl halides is 4. The van der Waals surface area contributed by atoms with E-state index in [0.717, 1.165) is 5.92 Å². The zero-order valence-electron chi connectivity index (χ0n) is 9.74. The van der Waals surface area contributed by atoms with Crippen LogP contribution >= 0.6 is 63.7 Å². The summed E-state index contributed by atoms with van der Waals surface area (Å²) in [6, 6.07) is 0. The maximum Gasteiger partial charge on any atom is 0.147 e. The summed E-state index contributed by atoms with van der Waals surface area (Å²) >= 11 is 14.6. The van der Waals surface area contributed by atoms with Crippen LogP contribution in [0.25, 0.3) is 0 Å². The van der Waals surface area contributed by atoms with Crippen molar-refractivity contribution in [1.82, 2.24) is 0 Å². The molecule has 0 N–H and O–H groups in total. The van der Waals surface area contributed by atoms with Crippen LogP contribution in [-0.2, 0) is 0 Å². The van der Waals surface area contributed by atoms with Crippen LogP contribution in [0.5, 0.6) is 0 Å². The second-order valence-electron chi connectivity index (χ2n) is 6.13. The second-order valence-corrected chi connectivity index (χ2v) is 14.1. The Hall–Kier alpha value is 1.92. The monoisotopic (exact) mass is 466 g/mol. The van der Waals surface area contributed by atoms with Crippen molar-refractivity contribution in [1.29, 1.82) is 0 Å². The summed E-state index contributed by atoms with van der Waals surface area (Å²) in [6.45, 7) is 11.7. The van der Waals surface area contributed by atoms with Crippen molar-refractivity contribution in [3.8, 4) is 0 Å². The third kappa shape index (κ3) is 3.03. The molecule has 3 unspecified atom stereocenters. The first kappa shape index (κ1) is 15.0. The molecular weight excluding hydrogens is 452 g/mol. The van der Waals surface area contributed by atoms with Crippen molar-refractivity contribution >= 4 is 63.7 Å². The molecule has 3 atom stereocenters. The highest BCUT2D eigenvalue weighted by atomic mass is 80.0. The lowest BCUT2D eigenvalue weighted by Crippen LogP contribution is -2.23. The molecule has 1 fully saturated rings. The lowest BCUT2D eigenvalue weighted by Gasteiger charge is -2.23. The van der Waals surface area contributed by atoms with E-state index in [0.29, 0.717) is 21.6 Å². The fourth-order valence-electron chi connectivity index (χ4n) is 3.08. The molecule has 0 spiro atoms. The Balaban J connectivity index is 2.84. The summed E-state index contributed by atoms with van der Waals surface area (Å²) in [5.41, 5.74) is 0.783. The molecule has 1 aliphatic carbocycles. The van der Waals surface area contributed by atoms with E-state index in [4.69, 9.17) is 0 Å². The van der Waals surface area contributed by atoms with E-state index < -0.39 is 0 Å². The Morgan fingerprint density at radius 3 is 1.67 bits per heavy atom. The lowest BCUT2D eigenvalue weighted by molar-refractivity contribution is 0.296. The molecule has 90 valence electrons. The van der Waals surface area contributed by atoms with Gasteiger partial charge in [0.25, 0.3) is 0 Å². The van der Waals surface area contributed by atoms with Crippen LogP contribution in [0.2, 0.25) is 0 Å². The highest BCUT2D eigenvalue weighted by Gasteiger charge is 2.66. The van der Waals surface area contributed by atoms with Gasteiger partial charge in [-0.25, -0.2) is 0 Å². The van der Waals surface area contributed by atoms with Crippen molar-refractivity contribution in [2.75, 3.05) is 0 Å². The molecule has 0 aromatic heterocycles. The van der Waals surface area contributed by atoms with Crippen LogP contribution in [0.15, 0.2) is 0 Å². The zero-order chi connectivity index (χ0) is 12.2. The Kier molecular flexibility index (Phi) is 4.23. The number of hydrogen-bond donors (Lipinski definition) is 0. The van der Waals surface area contributed by atoms with Gasteiger partial charge in [-0.15, -0.1) is 0 Å². The first-order valence-corrected chi connectivity index (χ1v) is 8.40. The van der Waals surface area contributed by atoms with E-state index >= 15 is 0 Å². The fraction of sp³-hybridized carbons (Fsp3) is 1.00. The van der Waals surface area contributed by atoms with Crippen LogP contribution in [0.3, 0.4) is 0 Å². The molecular formula is C11H18Br4. The van der Waals surface area contributed by atoms with Gasteiger partial charge in [-0.3, -0.25) is 0 Å². The molecule has 0 saturated heterocycles. The third-order valence-electron chi connectivity index (χ3n) is 3.47. The Labute approximate surface area is 127 Å². The summed E-state index contributed by atoms with van der Waals surface area (Å²) in [6.07, 6.45) is 0. The minimum Gasteiger partial charge on any atom is -0.0853 e. The molecule has 0 aromatic carbocycles. The Morgan fingerprint density at radius 2 is 1.47 bits per heavy atom. The van der Waals surface area contributed by atoms with Crippen molar-refractivity contribution < 1.29 is 0 Å². The molecule has 1 aliphatic rings. The van der Waals surface area contributed by atoms with Crippen LogP contribution < -0.4 is 0 Å². The summed E-state index contributed by atoms with van der Waals surface area (Å²) in [4.78, 5) is 0.379. The predicted molar refractivity (Wildman–Crippen MR) is 82.4 cm³/mol. The minimum atomic E-state index is -0.199. The molecule has 4 heteroatoms. The normalized spacial score (nSPS) is 32.6. The van der Waals surface area contributed by atoms with Crippen LogP contribution in [-0.4, -0.2) is 6.97 Å². The molecule has 15 heavy (non-hydrogen) atoms. The number of hydrogen-bond acceptors (Lipinski definition) is 0. The smallest absolute Gasteiger partial charge is 0.0853 e. The number of halogens is 4. The van der Waals surface area contributed by atoms with Crippen molar-refractivity contribution in [2.45, 2.75) is 41.6 Å². The van der Waals surface area contributed by atoms with Crippen molar-refractivity contribution in [2.24, 2.45) is 22.7 Å². The highest BCUT2D eigenvalue weighted by molar-refractivity contribution is 9.40. The van der Waals surface area contributed by atoms with Crippen LogP contribution in [0.4, 0.5) is 0 Å². The van der Waals surface area contributed by atoms with Crippen LogP contribution in [0.1, 0.15) is 34.6 Å². The maximum atomic E-state index is 3.79. The largest absolute Gasteiger partial charge is 0.147 e. The molecule has 0 bridgehead atoms. The van der Waals surface area contributed by atoms with Gasteiger partial charge in [0.05, 0.1) is 4.83 Å². The maximum absolute atomic E-state index is 3.79. The Bertz CT molecular complexity index is 246. The van der Waals surface area contributed by atoms with Crippen LogP contribution in [0, 0.1) is 22.7 Å². The van der Waals surface area contributed by atoms with E-state index in [1.54, 1.807) is 0 Å². The van der Waals surface area contributed by atoms with Gasteiger partial charge < -0.3 is 0 Å². The molecule has 0 aliphatic heterocycles. The predicted octanol–water partition coefficient (Wildman–Crippen LogP) is 5.91. The topological polar surface area (TPSA) is 0 Å². The SMILES string of the molecule is CC(C)(C)C1C(C(Br)C(Br)(Br)Br)C1(C)C. The molecule has 0 radical (unpaired) electrons. The van der Waals surface area contributed by atoms with Gasteiger partial charge in [0.1, 0.15) is 2.14 Å². The van der Waals surface area contributed by atoms with E-state index in [1.807, 2.05) is 0 Å². The van der Waals surface area contributed by atoms with E-state index in [-0.39, 0.29) is 2.14 Å². The summed E-state index contributed by atoms with van der Waals surface area (Å²) < 4.78 is -0.199. The van der Waals surface area contributed by atoms with Gasteiger partial charge in [0, 0.05) is 0 Å². The van der Waals surface area contributed by atoms with Gasteiger partial charge >= 0.3 is 0 Å². The average molecular weight is 470 g/mol. The Morgan fingerprint density at radius 1 is 1.07 bits per heavy atom. The quantitative estimate of drug-likeness (QED) is 0.419. The molecule has 0 aromatic rings. The fourth-order valence-corrected chi connectivity index (χ4v) is 4.92. The molecule has 1 saturated carbocycles. The molecule has 1 rings (SSSR count). The lowest BCUT2D eigenvalue weighted by atomic mass is 9.85. The first-order valence-electron chi connectivity index (χ1n) is 5.11. The highest BCUT2D eigenvalue weighted by Crippen LogP contribution is 2.70.